The molecular weight excluding hydrogens is 214 g/mol. The van der Waals surface area contributed by atoms with Gasteiger partial charge in [-0.2, -0.15) is 0 Å². The molecule has 2 rings (SSSR count). The Bertz CT molecular complexity index is 504. The van der Waals surface area contributed by atoms with Crippen molar-refractivity contribution >= 4 is 11.0 Å². The molecule has 0 bridgehead atoms. The van der Waals surface area contributed by atoms with E-state index in [1.54, 1.807) is 0 Å². The maximum Gasteiger partial charge on any atom is 0.127 e. The van der Waals surface area contributed by atoms with E-state index < -0.39 is 0 Å². The summed E-state index contributed by atoms with van der Waals surface area (Å²) in [6, 6.07) is 8.11. The lowest BCUT2D eigenvalue weighted by molar-refractivity contribution is 0.273. The summed E-state index contributed by atoms with van der Waals surface area (Å²) in [6.07, 6.45) is 0.538. The number of fused-ring (bicyclic) bond motifs is 1. The molecule has 92 valence electrons. The Hall–Kier alpha value is -1.39. The van der Waals surface area contributed by atoms with Crippen molar-refractivity contribution in [1.82, 2.24) is 9.55 Å². The number of nitrogens with zero attached hydrogens (tertiary/aromatic N) is 2. The van der Waals surface area contributed by atoms with Gasteiger partial charge >= 0.3 is 0 Å². The SMILES string of the molecule is CC(C)n1c(C(N)CCO)nc2ccccc21. The molecule has 2 aromatic rings. The molecule has 1 aromatic carbocycles. The number of aliphatic hydroxyl groups is 1. The van der Waals surface area contributed by atoms with Crippen LogP contribution in [0.3, 0.4) is 0 Å². The Morgan fingerprint density at radius 1 is 1.35 bits per heavy atom. The third kappa shape index (κ3) is 2.18. The van der Waals surface area contributed by atoms with Crippen LogP contribution < -0.4 is 5.73 Å². The summed E-state index contributed by atoms with van der Waals surface area (Å²) >= 11 is 0. The predicted octanol–water partition coefficient (Wildman–Crippen LogP) is 2.00. The van der Waals surface area contributed by atoms with Crippen LogP contribution in [0.1, 0.15) is 38.2 Å². The number of para-hydroxylation sites is 2. The summed E-state index contributed by atoms with van der Waals surface area (Å²) in [5.41, 5.74) is 8.13. The van der Waals surface area contributed by atoms with Gasteiger partial charge in [-0.05, 0) is 32.4 Å². The number of aliphatic hydroxyl groups excluding tert-OH is 1. The molecule has 17 heavy (non-hydrogen) atoms. The quantitative estimate of drug-likeness (QED) is 0.849. The summed E-state index contributed by atoms with van der Waals surface area (Å²) in [7, 11) is 0. The Morgan fingerprint density at radius 2 is 2.06 bits per heavy atom. The van der Waals surface area contributed by atoms with E-state index >= 15 is 0 Å². The molecule has 1 heterocycles. The van der Waals surface area contributed by atoms with Crippen molar-refractivity contribution in [3.63, 3.8) is 0 Å². The van der Waals surface area contributed by atoms with Gasteiger partial charge in [-0.15, -0.1) is 0 Å². The highest BCUT2D eigenvalue weighted by Crippen LogP contribution is 2.25. The largest absolute Gasteiger partial charge is 0.396 e. The van der Waals surface area contributed by atoms with Crippen molar-refractivity contribution < 1.29 is 5.11 Å². The minimum Gasteiger partial charge on any atom is -0.396 e. The van der Waals surface area contributed by atoms with Crippen LogP contribution in [-0.2, 0) is 0 Å². The standard InChI is InChI=1S/C13H19N3O/c1-9(2)16-12-6-4-3-5-11(12)15-13(16)10(14)7-8-17/h3-6,9-10,17H,7-8,14H2,1-2H3. The Balaban J connectivity index is 2.57. The molecule has 1 unspecified atom stereocenters. The van der Waals surface area contributed by atoms with Crippen LogP contribution in [-0.4, -0.2) is 21.3 Å². The van der Waals surface area contributed by atoms with Crippen molar-refractivity contribution in [3.05, 3.63) is 30.1 Å². The average Bonchev–Trinajstić information content (AvgIpc) is 2.68. The van der Waals surface area contributed by atoms with E-state index in [-0.39, 0.29) is 12.6 Å². The molecule has 1 atom stereocenters. The van der Waals surface area contributed by atoms with E-state index in [1.165, 1.54) is 0 Å². The lowest BCUT2D eigenvalue weighted by atomic mass is 10.2. The molecule has 3 N–H and O–H groups in total. The molecule has 1 aromatic heterocycles. The fraction of sp³-hybridized carbons (Fsp3) is 0.462. The maximum absolute atomic E-state index is 8.99. The first-order valence-electron chi connectivity index (χ1n) is 5.98. The highest BCUT2D eigenvalue weighted by molar-refractivity contribution is 5.76. The smallest absolute Gasteiger partial charge is 0.127 e. The highest BCUT2D eigenvalue weighted by atomic mass is 16.3. The first kappa shape index (κ1) is 12.1. The second-order valence-corrected chi connectivity index (χ2v) is 4.54. The van der Waals surface area contributed by atoms with E-state index in [0.29, 0.717) is 12.5 Å². The number of hydrogen-bond donors (Lipinski definition) is 2. The summed E-state index contributed by atoms with van der Waals surface area (Å²) in [4.78, 5) is 4.58. The Morgan fingerprint density at radius 3 is 2.71 bits per heavy atom. The zero-order chi connectivity index (χ0) is 12.4. The first-order chi connectivity index (χ1) is 8.15. The van der Waals surface area contributed by atoms with Crippen LogP contribution in [0.2, 0.25) is 0 Å². The van der Waals surface area contributed by atoms with E-state index in [9.17, 15) is 0 Å². The van der Waals surface area contributed by atoms with Crippen LogP contribution in [0.4, 0.5) is 0 Å². The molecule has 0 saturated heterocycles. The molecule has 4 nitrogen and oxygen atoms in total. The third-order valence-corrected chi connectivity index (χ3v) is 2.91. The Labute approximate surface area is 101 Å². The van der Waals surface area contributed by atoms with Gasteiger partial charge in [-0.25, -0.2) is 4.98 Å². The zero-order valence-electron chi connectivity index (χ0n) is 10.3. The topological polar surface area (TPSA) is 64.1 Å². The second kappa shape index (κ2) is 4.85. The van der Waals surface area contributed by atoms with Crippen LogP contribution in [0.5, 0.6) is 0 Å². The van der Waals surface area contributed by atoms with Crippen LogP contribution in [0.15, 0.2) is 24.3 Å². The monoisotopic (exact) mass is 233 g/mol. The van der Waals surface area contributed by atoms with Crippen molar-refractivity contribution in [2.75, 3.05) is 6.61 Å². The molecule has 0 spiro atoms. The van der Waals surface area contributed by atoms with Crippen molar-refractivity contribution in [2.45, 2.75) is 32.4 Å². The Kier molecular flexibility index (Phi) is 3.45. The molecule has 0 saturated carbocycles. The van der Waals surface area contributed by atoms with Gasteiger partial charge in [0, 0.05) is 12.6 Å². The van der Waals surface area contributed by atoms with Crippen molar-refractivity contribution in [2.24, 2.45) is 5.73 Å². The van der Waals surface area contributed by atoms with Gasteiger partial charge in [0.15, 0.2) is 0 Å². The normalized spacial score (nSPS) is 13.5. The third-order valence-electron chi connectivity index (χ3n) is 2.91. The minimum absolute atomic E-state index is 0.0858. The highest BCUT2D eigenvalue weighted by Gasteiger charge is 2.17. The van der Waals surface area contributed by atoms with Crippen molar-refractivity contribution in [3.8, 4) is 0 Å². The molecule has 0 fully saturated rings. The van der Waals surface area contributed by atoms with Gasteiger partial charge < -0.3 is 15.4 Å². The summed E-state index contributed by atoms with van der Waals surface area (Å²) in [5, 5.41) is 8.99. The predicted molar refractivity (Wildman–Crippen MR) is 68.7 cm³/mol. The van der Waals surface area contributed by atoms with E-state index in [0.717, 1.165) is 16.9 Å². The molecule has 0 aliphatic rings. The number of rotatable bonds is 4. The number of benzene rings is 1. The molecule has 4 heteroatoms. The minimum atomic E-state index is -0.213. The summed E-state index contributed by atoms with van der Waals surface area (Å²) < 4.78 is 2.15. The van der Waals surface area contributed by atoms with Crippen LogP contribution in [0.25, 0.3) is 11.0 Å². The van der Waals surface area contributed by atoms with E-state index in [2.05, 4.69) is 29.5 Å². The van der Waals surface area contributed by atoms with Gasteiger partial charge in [0.1, 0.15) is 5.82 Å². The molecular formula is C13H19N3O. The molecule has 0 radical (unpaired) electrons. The number of imidazole rings is 1. The molecule has 0 aliphatic carbocycles. The van der Waals surface area contributed by atoms with Gasteiger partial charge in [0.05, 0.1) is 17.1 Å². The van der Waals surface area contributed by atoms with Gasteiger partial charge in [0.2, 0.25) is 0 Å². The van der Waals surface area contributed by atoms with Crippen molar-refractivity contribution in [1.29, 1.82) is 0 Å². The summed E-state index contributed by atoms with van der Waals surface area (Å²) in [5.74, 6) is 0.857. The second-order valence-electron chi connectivity index (χ2n) is 4.54. The van der Waals surface area contributed by atoms with Gasteiger partial charge in [-0.1, -0.05) is 12.1 Å². The average molecular weight is 233 g/mol. The van der Waals surface area contributed by atoms with Crippen LogP contribution in [0, 0.1) is 0 Å². The number of aromatic nitrogens is 2. The fourth-order valence-corrected chi connectivity index (χ4v) is 2.14. The zero-order valence-corrected chi connectivity index (χ0v) is 10.3. The van der Waals surface area contributed by atoms with E-state index in [4.69, 9.17) is 10.8 Å². The lowest BCUT2D eigenvalue weighted by Crippen LogP contribution is -2.19. The number of hydrogen-bond acceptors (Lipinski definition) is 3. The number of nitrogens with two attached hydrogens (primary N) is 1. The van der Waals surface area contributed by atoms with Crippen LogP contribution >= 0.6 is 0 Å². The van der Waals surface area contributed by atoms with E-state index in [1.807, 2.05) is 18.2 Å². The molecule has 0 aliphatic heterocycles. The first-order valence-corrected chi connectivity index (χ1v) is 5.98. The fourth-order valence-electron chi connectivity index (χ4n) is 2.14. The van der Waals surface area contributed by atoms with Gasteiger partial charge in [0.25, 0.3) is 0 Å². The maximum atomic E-state index is 8.99. The molecule has 0 amide bonds. The summed E-state index contributed by atoms with van der Waals surface area (Å²) in [6.45, 7) is 4.31. The lowest BCUT2D eigenvalue weighted by Gasteiger charge is -2.16. The van der Waals surface area contributed by atoms with Gasteiger partial charge in [-0.3, -0.25) is 0 Å².